The Hall–Kier alpha value is -8.34. The van der Waals surface area contributed by atoms with Crippen LogP contribution in [0, 0.1) is 0 Å². The molecule has 0 bridgehead atoms. The summed E-state index contributed by atoms with van der Waals surface area (Å²) in [6.45, 7) is 0. The van der Waals surface area contributed by atoms with Crippen LogP contribution in [0.25, 0.3) is 98.8 Å². The highest BCUT2D eigenvalue weighted by molar-refractivity contribution is 6.21. The molecular weight excluding hydrogens is 755 g/mol. The van der Waals surface area contributed by atoms with Gasteiger partial charge in [-0.1, -0.05) is 133 Å². The van der Waals surface area contributed by atoms with E-state index in [0.717, 1.165) is 67.0 Å². The molecule has 0 spiro atoms. The Bertz CT molecular complexity index is 3850. The van der Waals surface area contributed by atoms with E-state index in [0.29, 0.717) is 0 Å². The summed E-state index contributed by atoms with van der Waals surface area (Å²) in [4.78, 5) is 2.35. The SMILES string of the molecule is c1ccc(-n2c3ccccc3c3ccc(N(c4ccc(-c5ccc(-n6c7ccccc7c7c8ccccc8ccc76)cc5)cc4)c4ccc5c(c4)oc4ccccc45)cc32)cc1. The van der Waals surface area contributed by atoms with Crippen molar-refractivity contribution in [2.24, 2.45) is 0 Å². The van der Waals surface area contributed by atoms with Crippen molar-refractivity contribution in [3.63, 3.8) is 0 Å². The number of rotatable bonds is 6. The van der Waals surface area contributed by atoms with E-state index in [2.05, 4.69) is 226 Å². The first-order valence-electron chi connectivity index (χ1n) is 21.2. The molecule has 0 radical (unpaired) electrons. The van der Waals surface area contributed by atoms with Gasteiger partial charge in [-0.2, -0.15) is 0 Å². The van der Waals surface area contributed by atoms with Crippen LogP contribution in [-0.4, -0.2) is 9.13 Å². The third kappa shape index (κ3) is 5.27. The maximum absolute atomic E-state index is 6.45. The van der Waals surface area contributed by atoms with Gasteiger partial charge in [0.2, 0.25) is 0 Å². The summed E-state index contributed by atoms with van der Waals surface area (Å²) in [6, 6.07) is 80.9. The molecule has 0 fully saturated rings. The fraction of sp³-hybridized carbons (Fsp3) is 0. The molecule has 62 heavy (non-hydrogen) atoms. The molecule has 0 aliphatic heterocycles. The summed E-state index contributed by atoms with van der Waals surface area (Å²) < 4.78 is 11.2. The number of furan rings is 1. The van der Waals surface area contributed by atoms with E-state index in [4.69, 9.17) is 4.42 Å². The number of benzene rings is 10. The lowest BCUT2D eigenvalue weighted by Crippen LogP contribution is -2.10. The second-order valence-electron chi connectivity index (χ2n) is 16.1. The van der Waals surface area contributed by atoms with Gasteiger partial charge in [0.05, 0.1) is 22.1 Å². The van der Waals surface area contributed by atoms with E-state index in [-0.39, 0.29) is 0 Å². The molecule has 13 aromatic rings. The zero-order valence-corrected chi connectivity index (χ0v) is 33.6. The van der Waals surface area contributed by atoms with Crippen LogP contribution >= 0.6 is 0 Å². The number of hydrogen-bond acceptors (Lipinski definition) is 2. The van der Waals surface area contributed by atoms with Gasteiger partial charge in [-0.25, -0.2) is 0 Å². The topological polar surface area (TPSA) is 26.2 Å². The van der Waals surface area contributed by atoms with Gasteiger partial charge in [0.25, 0.3) is 0 Å². The van der Waals surface area contributed by atoms with E-state index in [1.165, 1.54) is 48.9 Å². The normalized spacial score (nSPS) is 11.9. The monoisotopic (exact) mass is 791 g/mol. The molecule has 3 aromatic heterocycles. The van der Waals surface area contributed by atoms with Crippen LogP contribution in [0.3, 0.4) is 0 Å². The van der Waals surface area contributed by atoms with Crippen LogP contribution in [0.2, 0.25) is 0 Å². The Kier molecular flexibility index (Phi) is 7.57. The van der Waals surface area contributed by atoms with Crippen molar-refractivity contribution in [1.82, 2.24) is 9.13 Å². The van der Waals surface area contributed by atoms with E-state index < -0.39 is 0 Å². The van der Waals surface area contributed by atoms with E-state index in [1.54, 1.807) is 0 Å². The molecule has 3 heterocycles. The number of anilines is 3. The molecule has 0 atom stereocenters. The molecule has 10 aromatic carbocycles. The van der Waals surface area contributed by atoms with Crippen molar-refractivity contribution >= 4 is 93.4 Å². The van der Waals surface area contributed by atoms with Gasteiger partial charge >= 0.3 is 0 Å². The molecule has 0 N–H and O–H groups in total. The van der Waals surface area contributed by atoms with Crippen molar-refractivity contribution in [3.8, 4) is 22.5 Å². The summed E-state index contributed by atoms with van der Waals surface area (Å²) in [5.74, 6) is 0. The first-order chi connectivity index (χ1) is 30.7. The average molecular weight is 792 g/mol. The van der Waals surface area contributed by atoms with Crippen LogP contribution in [0.4, 0.5) is 17.1 Å². The first kappa shape index (κ1) is 34.5. The van der Waals surface area contributed by atoms with Gasteiger partial charge in [0.15, 0.2) is 0 Å². The van der Waals surface area contributed by atoms with Crippen molar-refractivity contribution in [2.45, 2.75) is 0 Å². The zero-order chi connectivity index (χ0) is 40.7. The fourth-order valence-electron chi connectivity index (χ4n) is 9.88. The van der Waals surface area contributed by atoms with Crippen LogP contribution in [-0.2, 0) is 0 Å². The first-order valence-corrected chi connectivity index (χ1v) is 21.2. The van der Waals surface area contributed by atoms with Gasteiger partial charge in [-0.3, -0.25) is 0 Å². The minimum absolute atomic E-state index is 0.862. The molecule has 0 amide bonds. The van der Waals surface area contributed by atoms with Gasteiger partial charge in [-0.15, -0.1) is 0 Å². The minimum Gasteiger partial charge on any atom is -0.456 e. The second-order valence-corrected chi connectivity index (χ2v) is 16.1. The average Bonchev–Trinajstić information content (AvgIpc) is 4.00. The van der Waals surface area contributed by atoms with Crippen molar-refractivity contribution in [2.75, 3.05) is 4.90 Å². The molecule has 4 heteroatoms. The Morgan fingerprint density at radius 2 is 0.839 bits per heavy atom. The van der Waals surface area contributed by atoms with Crippen LogP contribution < -0.4 is 4.90 Å². The maximum Gasteiger partial charge on any atom is 0.137 e. The quantitative estimate of drug-likeness (QED) is 0.168. The van der Waals surface area contributed by atoms with E-state index in [1.807, 2.05) is 12.1 Å². The van der Waals surface area contributed by atoms with E-state index in [9.17, 15) is 0 Å². The molecule has 0 aliphatic carbocycles. The molecular formula is C58H37N3O. The lowest BCUT2D eigenvalue weighted by atomic mass is 10.0. The Labute approximate surface area is 357 Å². The Morgan fingerprint density at radius 1 is 0.306 bits per heavy atom. The molecule has 0 saturated carbocycles. The number of nitrogens with zero attached hydrogens (tertiary/aromatic N) is 3. The summed E-state index contributed by atoms with van der Waals surface area (Å²) in [5.41, 5.74) is 14.2. The lowest BCUT2D eigenvalue weighted by molar-refractivity contribution is 0.669. The number of hydrogen-bond donors (Lipinski definition) is 0. The third-order valence-corrected chi connectivity index (χ3v) is 12.7. The van der Waals surface area contributed by atoms with Crippen molar-refractivity contribution in [3.05, 3.63) is 224 Å². The van der Waals surface area contributed by atoms with Crippen molar-refractivity contribution < 1.29 is 4.42 Å². The minimum atomic E-state index is 0.862. The van der Waals surface area contributed by atoms with Crippen LogP contribution in [0.1, 0.15) is 0 Å². The molecule has 0 aliphatic rings. The molecule has 290 valence electrons. The smallest absolute Gasteiger partial charge is 0.137 e. The highest BCUT2D eigenvalue weighted by atomic mass is 16.3. The van der Waals surface area contributed by atoms with Gasteiger partial charge < -0.3 is 18.5 Å². The number of aromatic nitrogens is 2. The van der Waals surface area contributed by atoms with E-state index >= 15 is 0 Å². The van der Waals surface area contributed by atoms with Gasteiger partial charge in [0.1, 0.15) is 11.2 Å². The lowest BCUT2D eigenvalue weighted by Gasteiger charge is -2.26. The fourth-order valence-corrected chi connectivity index (χ4v) is 9.88. The second kappa shape index (κ2) is 13.6. The standard InChI is InChI=1S/C58H37N3O/c1-2-13-41(14-3-1)61-52-19-9-6-16-47(52)48-33-31-44(36-55(48)61)59(45-32-34-50-49-17-8-11-21-56(49)62-57(50)37-45)42-27-22-38(23-28-42)39-24-29-43(30-25-39)60-53-20-10-7-18-51(53)58-46-15-5-4-12-40(46)26-35-54(58)60/h1-37H. The predicted octanol–water partition coefficient (Wildman–Crippen LogP) is 16.1. The Morgan fingerprint density at radius 3 is 1.63 bits per heavy atom. The summed E-state index contributed by atoms with van der Waals surface area (Å²) >= 11 is 0. The van der Waals surface area contributed by atoms with Gasteiger partial charge in [0, 0.05) is 66.8 Å². The molecule has 0 saturated heterocycles. The molecule has 4 nitrogen and oxygen atoms in total. The Balaban J connectivity index is 0.929. The number of fused-ring (bicyclic) bond motifs is 11. The summed E-state index contributed by atoms with van der Waals surface area (Å²) in [6.07, 6.45) is 0. The van der Waals surface area contributed by atoms with Crippen molar-refractivity contribution in [1.29, 1.82) is 0 Å². The third-order valence-electron chi connectivity index (χ3n) is 12.7. The highest BCUT2D eigenvalue weighted by Crippen LogP contribution is 2.43. The predicted molar refractivity (Wildman–Crippen MR) is 260 cm³/mol. The summed E-state index contributed by atoms with van der Waals surface area (Å²) in [7, 11) is 0. The van der Waals surface area contributed by atoms with Crippen LogP contribution in [0.5, 0.6) is 0 Å². The molecule has 0 unspecified atom stereocenters. The largest absolute Gasteiger partial charge is 0.456 e. The maximum atomic E-state index is 6.45. The zero-order valence-electron chi connectivity index (χ0n) is 33.6. The number of para-hydroxylation sites is 4. The highest BCUT2D eigenvalue weighted by Gasteiger charge is 2.20. The van der Waals surface area contributed by atoms with Crippen LogP contribution in [0.15, 0.2) is 229 Å². The van der Waals surface area contributed by atoms with Gasteiger partial charge in [-0.05, 0) is 107 Å². The summed E-state index contributed by atoms with van der Waals surface area (Å²) in [5, 5.41) is 9.78. The molecule has 13 rings (SSSR count).